The maximum absolute atomic E-state index is 12.5. The van der Waals surface area contributed by atoms with Crippen molar-refractivity contribution in [3.8, 4) is 11.3 Å². The lowest BCUT2D eigenvalue weighted by atomic mass is 10.1. The third kappa shape index (κ3) is 3.67. The van der Waals surface area contributed by atoms with Gasteiger partial charge in [0.15, 0.2) is 11.5 Å². The van der Waals surface area contributed by atoms with E-state index in [0.29, 0.717) is 24.6 Å². The molecule has 12 heteroatoms. The molecule has 0 aliphatic carbocycles. The number of hydrogen-bond donors (Lipinski definition) is 1. The molecule has 4 aromatic rings. The first-order valence-electron chi connectivity index (χ1n) is 10.4. The highest BCUT2D eigenvalue weighted by atomic mass is 32.2. The largest absolute Gasteiger partial charge is 0.328 e. The van der Waals surface area contributed by atoms with E-state index in [2.05, 4.69) is 24.8 Å². The minimum atomic E-state index is -3.24. The average molecular weight is 473 g/mol. The van der Waals surface area contributed by atoms with Gasteiger partial charge in [-0.2, -0.15) is 9.47 Å². The Balaban J connectivity index is 1.36. The van der Waals surface area contributed by atoms with Crippen LogP contribution < -0.4 is 5.32 Å². The van der Waals surface area contributed by atoms with Crippen molar-refractivity contribution in [1.29, 1.82) is 0 Å². The van der Waals surface area contributed by atoms with Crippen LogP contribution in [0.15, 0.2) is 37.1 Å². The summed E-state index contributed by atoms with van der Waals surface area (Å²) >= 11 is 1.34. The van der Waals surface area contributed by atoms with E-state index in [1.54, 1.807) is 41.4 Å². The first kappa shape index (κ1) is 21.0. The fourth-order valence-electron chi connectivity index (χ4n) is 3.93. The van der Waals surface area contributed by atoms with Crippen molar-refractivity contribution in [2.24, 2.45) is 7.05 Å². The Morgan fingerprint density at radius 3 is 2.84 bits per heavy atom. The highest BCUT2D eigenvalue weighted by molar-refractivity contribution is 7.89. The Morgan fingerprint density at radius 2 is 2.09 bits per heavy atom. The van der Waals surface area contributed by atoms with Crippen LogP contribution in [0.4, 0.5) is 10.8 Å². The summed E-state index contributed by atoms with van der Waals surface area (Å²) in [6.07, 6.45) is 9.92. The molecular weight excluding hydrogens is 448 g/mol. The molecule has 1 unspecified atom stereocenters. The van der Waals surface area contributed by atoms with Crippen molar-refractivity contribution in [3.63, 3.8) is 0 Å². The van der Waals surface area contributed by atoms with E-state index in [4.69, 9.17) is 0 Å². The minimum absolute atomic E-state index is 0.0997. The number of anilines is 2. The van der Waals surface area contributed by atoms with Gasteiger partial charge in [-0.25, -0.2) is 22.7 Å². The average Bonchev–Trinajstić information content (AvgIpc) is 3.54. The molecule has 5 rings (SSSR count). The maximum Gasteiger partial charge on any atom is 0.216 e. The molecule has 1 fully saturated rings. The number of imidazole rings is 1. The van der Waals surface area contributed by atoms with E-state index < -0.39 is 15.3 Å². The lowest BCUT2D eigenvalue weighted by molar-refractivity contribution is 0.465. The number of rotatable bonds is 6. The molecule has 0 spiro atoms. The molecule has 1 saturated heterocycles. The SMILES string of the molecule is CC(C)S(=O)(=O)N1CCC(c2cc(Nc3nccn4c(-c5cnn(C)c5)cnc34)sn2)C1. The van der Waals surface area contributed by atoms with Crippen molar-refractivity contribution in [2.45, 2.75) is 31.4 Å². The van der Waals surface area contributed by atoms with E-state index in [1.807, 2.05) is 29.9 Å². The zero-order valence-electron chi connectivity index (χ0n) is 18.0. The third-order valence-corrected chi connectivity index (χ3v) is 8.69. The molecule has 4 aromatic heterocycles. The van der Waals surface area contributed by atoms with Gasteiger partial charge < -0.3 is 5.32 Å². The minimum Gasteiger partial charge on any atom is -0.328 e. The highest BCUT2D eigenvalue weighted by Gasteiger charge is 2.34. The highest BCUT2D eigenvalue weighted by Crippen LogP contribution is 2.33. The Bertz CT molecular complexity index is 1370. The molecule has 168 valence electrons. The van der Waals surface area contributed by atoms with Crippen LogP contribution in [0.25, 0.3) is 16.9 Å². The number of aryl methyl sites for hydroxylation is 1. The van der Waals surface area contributed by atoms with Gasteiger partial charge in [0.2, 0.25) is 10.0 Å². The Kier molecular flexibility index (Phi) is 5.22. The molecule has 32 heavy (non-hydrogen) atoms. The fraction of sp³-hybridized carbons (Fsp3) is 0.400. The van der Waals surface area contributed by atoms with Crippen molar-refractivity contribution in [2.75, 3.05) is 18.4 Å². The van der Waals surface area contributed by atoms with Gasteiger partial charge in [-0.1, -0.05) is 0 Å². The first-order valence-corrected chi connectivity index (χ1v) is 12.6. The summed E-state index contributed by atoms with van der Waals surface area (Å²) in [5.41, 5.74) is 3.52. The summed E-state index contributed by atoms with van der Waals surface area (Å²) < 4.78 is 34.8. The predicted octanol–water partition coefficient (Wildman–Crippen LogP) is 2.86. The number of fused-ring (bicyclic) bond motifs is 1. The Morgan fingerprint density at radius 1 is 1.25 bits per heavy atom. The van der Waals surface area contributed by atoms with Gasteiger partial charge in [-0.15, -0.1) is 0 Å². The van der Waals surface area contributed by atoms with Crippen molar-refractivity contribution < 1.29 is 8.42 Å². The van der Waals surface area contributed by atoms with Gasteiger partial charge in [0, 0.05) is 50.2 Å². The summed E-state index contributed by atoms with van der Waals surface area (Å²) in [4.78, 5) is 9.01. The first-order chi connectivity index (χ1) is 15.3. The van der Waals surface area contributed by atoms with E-state index in [9.17, 15) is 8.42 Å². The molecule has 0 amide bonds. The van der Waals surface area contributed by atoms with Crippen LogP contribution in [0.2, 0.25) is 0 Å². The number of nitrogens with zero attached hydrogens (tertiary/aromatic N) is 7. The van der Waals surface area contributed by atoms with Gasteiger partial charge in [0.25, 0.3) is 0 Å². The second kappa shape index (κ2) is 7.94. The lowest BCUT2D eigenvalue weighted by Gasteiger charge is -2.18. The van der Waals surface area contributed by atoms with Gasteiger partial charge in [0.05, 0.1) is 29.0 Å². The monoisotopic (exact) mass is 472 g/mol. The van der Waals surface area contributed by atoms with Crippen LogP contribution in [-0.2, 0) is 17.1 Å². The maximum atomic E-state index is 12.5. The summed E-state index contributed by atoms with van der Waals surface area (Å²) in [5, 5.41) is 8.00. The van der Waals surface area contributed by atoms with Crippen LogP contribution in [0, 0.1) is 0 Å². The topological polar surface area (TPSA) is 110 Å². The van der Waals surface area contributed by atoms with Crippen molar-refractivity contribution in [3.05, 3.63) is 42.7 Å². The van der Waals surface area contributed by atoms with Crippen LogP contribution in [-0.4, -0.2) is 59.6 Å². The van der Waals surface area contributed by atoms with Gasteiger partial charge in [-0.05, 0) is 37.9 Å². The zero-order valence-corrected chi connectivity index (χ0v) is 19.6. The van der Waals surface area contributed by atoms with Crippen molar-refractivity contribution in [1.82, 2.24) is 32.8 Å². The molecule has 10 nitrogen and oxygen atoms in total. The second-order valence-electron chi connectivity index (χ2n) is 8.19. The molecule has 0 saturated carbocycles. The molecule has 0 aromatic carbocycles. The molecule has 1 atom stereocenters. The molecule has 0 radical (unpaired) electrons. The third-order valence-electron chi connectivity index (χ3n) is 5.72. The fourth-order valence-corrected chi connectivity index (χ4v) is 6.00. The van der Waals surface area contributed by atoms with Crippen LogP contribution in [0.1, 0.15) is 31.9 Å². The normalized spacial score (nSPS) is 17.6. The van der Waals surface area contributed by atoms with Gasteiger partial charge >= 0.3 is 0 Å². The smallest absolute Gasteiger partial charge is 0.216 e. The molecule has 5 heterocycles. The zero-order chi connectivity index (χ0) is 22.5. The van der Waals surface area contributed by atoms with Gasteiger partial charge in [-0.3, -0.25) is 9.08 Å². The lowest BCUT2D eigenvalue weighted by Crippen LogP contribution is -2.34. The molecule has 1 aliphatic heterocycles. The number of hydrogen-bond acceptors (Lipinski definition) is 8. The molecular formula is C20H24N8O2S2. The van der Waals surface area contributed by atoms with Gasteiger partial charge in [0.1, 0.15) is 5.00 Å². The standard InChI is InChI=1S/C20H24N8O2S2/c1-13(2)32(29,30)27-6-4-14(12-27)16-8-18(31-25-16)24-19-20-22-10-17(28(20)7-5-21-19)15-9-23-26(3)11-15/h5,7-11,13-14H,4,6,12H2,1-3H3,(H,21,24). The quantitative estimate of drug-likeness (QED) is 0.459. The van der Waals surface area contributed by atoms with Crippen LogP contribution in [0.3, 0.4) is 0 Å². The van der Waals surface area contributed by atoms with Crippen LogP contribution in [0.5, 0.6) is 0 Å². The number of nitrogens with one attached hydrogen (secondary N) is 1. The summed E-state index contributed by atoms with van der Waals surface area (Å²) in [6.45, 7) is 4.46. The summed E-state index contributed by atoms with van der Waals surface area (Å²) in [6, 6.07) is 1.98. The van der Waals surface area contributed by atoms with E-state index in [0.717, 1.165) is 28.4 Å². The van der Waals surface area contributed by atoms with Crippen molar-refractivity contribution >= 4 is 38.0 Å². The summed E-state index contributed by atoms with van der Waals surface area (Å²) in [7, 11) is -1.36. The number of aromatic nitrogens is 6. The Hall–Kier alpha value is -2.83. The number of sulfonamides is 1. The summed E-state index contributed by atoms with van der Waals surface area (Å²) in [5.74, 6) is 0.732. The van der Waals surface area contributed by atoms with E-state index in [-0.39, 0.29) is 5.92 Å². The Labute approximate surface area is 190 Å². The van der Waals surface area contributed by atoms with E-state index in [1.165, 1.54) is 11.5 Å². The second-order valence-corrected chi connectivity index (χ2v) is 11.5. The molecule has 1 aliphatic rings. The van der Waals surface area contributed by atoms with E-state index >= 15 is 0 Å². The predicted molar refractivity (Wildman–Crippen MR) is 124 cm³/mol. The molecule has 1 N–H and O–H groups in total. The van der Waals surface area contributed by atoms with Crippen LogP contribution >= 0.6 is 11.5 Å². The molecule has 0 bridgehead atoms.